The van der Waals surface area contributed by atoms with Gasteiger partial charge in [-0.15, -0.1) is 0 Å². The minimum Gasteiger partial charge on any atom is -0.396 e. The van der Waals surface area contributed by atoms with Crippen LogP contribution < -0.4 is 5.32 Å². The normalized spacial score (nSPS) is 14.5. The molecule has 0 amide bonds. The molecule has 2 N–H and O–H groups in total. The molecule has 2 atom stereocenters. The Morgan fingerprint density at radius 1 is 1.44 bits per heavy atom. The van der Waals surface area contributed by atoms with Crippen LogP contribution in [0.3, 0.4) is 0 Å². The van der Waals surface area contributed by atoms with Gasteiger partial charge in [-0.3, -0.25) is 0 Å². The van der Waals surface area contributed by atoms with E-state index in [2.05, 4.69) is 12.2 Å². The first kappa shape index (κ1) is 15.4. The number of aliphatic hydroxyl groups excluding tert-OH is 1. The lowest BCUT2D eigenvalue weighted by Gasteiger charge is -2.19. The molecule has 0 radical (unpaired) electrons. The Balaban J connectivity index is 2.53. The van der Waals surface area contributed by atoms with Gasteiger partial charge in [0.1, 0.15) is 5.82 Å². The predicted molar refractivity (Wildman–Crippen MR) is 73.3 cm³/mol. The van der Waals surface area contributed by atoms with E-state index in [-0.39, 0.29) is 23.5 Å². The van der Waals surface area contributed by atoms with Crippen LogP contribution in [0.15, 0.2) is 18.2 Å². The van der Waals surface area contributed by atoms with Gasteiger partial charge >= 0.3 is 0 Å². The molecule has 4 heteroatoms. The molecule has 1 aromatic rings. The van der Waals surface area contributed by atoms with Crippen molar-refractivity contribution in [1.82, 2.24) is 5.32 Å². The van der Waals surface area contributed by atoms with Crippen LogP contribution in [0.4, 0.5) is 4.39 Å². The molecule has 0 aromatic heterocycles. The van der Waals surface area contributed by atoms with E-state index < -0.39 is 0 Å². The smallest absolute Gasteiger partial charge is 0.142 e. The van der Waals surface area contributed by atoms with Crippen molar-refractivity contribution in [3.05, 3.63) is 34.6 Å². The fraction of sp³-hybridized carbons (Fsp3) is 0.571. The Kier molecular flexibility index (Phi) is 6.61. The molecule has 1 rings (SSSR count). The Morgan fingerprint density at radius 3 is 2.72 bits per heavy atom. The van der Waals surface area contributed by atoms with Crippen molar-refractivity contribution in [2.45, 2.75) is 32.7 Å². The lowest BCUT2D eigenvalue weighted by atomic mass is 10.0. The van der Waals surface area contributed by atoms with Crippen molar-refractivity contribution >= 4 is 11.6 Å². The van der Waals surface area contributed by atoms with Gasteiger partial charge in [-0.25, -0.2) is 4.39 Å². The van der Waals surface area contributed by atoms with Gasteiger partial charge in [0.05, 0.1) is 5.02 Å². The number of hydrogen-bond acceptors (Lipinski definition) is 2. The van der Waals surface area contributed by atoms with Crippen LogP contribution in [0.5, 0.6) is 0 Å². The molecule has 0 aliphatic carbocycles. The molecular weight excluding hydrogens is 253 g/mol. The third kappa shape index (κ3) is 4.56. The lowest BCUT2D eigenvalue weighted by molar-refractivity contribution is 0.249. The third-order valence-electron chi connectivity index (χ3n) is 3.27. The zero-order valence-corrected chi connectivity index (χ0v) is 11.7. The SMILES string of the molecule is CCC(CCO)CNC(C)c1ccc(Cl)c(F)c1. The first-order chi connectivity index (χ1) is 8.58. The van der Waals surface area contributed by atoms with Gasteiger partial charge in [-0.2, -0.15) is 0 Å². The molecule has 0 fully saturated rings. The summed E-state index contributed by atoms with van der Waals surface area (Å²) in [6.45, 7) is 5.13. The minimum atomic E-state index is -0.384. The maximum Gasteiger partial charge on any atom is 0.142 e. The maximum atomic E-state index is 13.3. The maximum absolute atomic E-state index is 13.3. The van der Waals surface area contributed by atoms with E-state index in [9.17, 15) is 4.39 Å². The molecule has 0 aliphatic rings. The average Bonchev–Trinajstić information content (AvgIpc) is 2.37. The molecule has 0 saturated carbocycles. The average molecular weight is 274 g/mol. The molecule has 0 bridgehead atoms. The molecule has 0 aliphatic heterocycles. The second-order valence-electron chi connectivity index (χ2n) is 4.59. The second-order valence-corrected chi connectivity index (χ2v) is 5.00. The Bertz CT molecular complexity index is 373. The molecule has 0 spiro atoms. The summed E-state index contributed by atoms with van der Waals surface area (Å²) >= 11 is 5.65. The van der Waals surface area contributed by atoms with Crippen molar-refractivity contribution in [2.75, 3.05) is 13.2 Å². The molecular formula is C14H21ClFNO. The van der Waals surface area contributed by atoms with Crippen LogP contribution in [-0.4, -0.2) is 18.3 Å². The number of nitrogens with one attached hydrogen (secondary N) is 1. The van der Waals surface area contributed by atoms with E-state index in [1.165, 1.54) is 6.07 Å². The van der Waals surface area contributed by atoms with Crippen molar-refractivity contribution in [2.24, 2.45) is 5.92 Å². The Morgan fingerprint density at radius 2 is 2.17 bits per heavy atom. The van der Waals surface area contributed by atoms with E-state index in [1.807, 2.05) is 13.0 Å². The first-order valence-corrected chi connectivity index (χ1v) is 6.75. The van der Waals surface area contributed by atoms with Gasteiger partial charge in [0.2, 0.25) is 0 Å². The number of aliphatic hydroxyl groups is 1. The second kappa shape index (κ2) is 7.72. The third-order valence-corrected chi connectivity index (χ3v) is 3.58. The molecule has 0 saturated heterocycles. The summed E-state index contributed by atoms with van der Waals surface area (Å²) in [5, 5.41) is 12.4. The zero-order chi connectivity index (χ0) is 13.5. The molecule has 18 heavy (non-hydrogen) atoms. The quantitative estimate of drug-likeness (QED) is 0.796. The van der Waals surface area contributed by atoms with E-state index >= 15 is 0 Å². The Hall–Kier alpha value is -0.640. The monoisotopic (exact) mass is 273 g/mol. The van der Waals surface area contributed by atoms with Crippen LogP contribution in [0.25, 0.3) is 0 Å². The topological polar surface area (TPSA) is 32.3 Å². The Labute approximate surface area is 113 Å². The minimum absolute atomic E-state index is 0.0736. The molecule has 102 valence electrons. The molecule has 1 aromatic carbocycles. The van der Waals surface area contributed by atoms with Crippen LogP contribution >= 0.6 is 11.6 Å². The van der Waals surface area contributed by atoms with Crippen molar-refractivity contribution in [3.63, 3.8) is 0 Å². The number of halogens is 2. The van der Waals surface area contributed by atoms with Crippen molar-refractivity contribution in [3.8, 4) is 0 Å². The van der Waals surface area contributed by atoms with Gasteiger partial charge < -0.3 is 10.4 Å². The fourth-order valence-electron chi connectivity index (χ4n) is 1.88. The van der Waals surface area contributed by atoms with E-state index in [1.54, 1.807) is 6.07 Å². The largest absolute Gasteiger partial charge is 0.396 e. The van der Waals surface area contributed by atoms with Crippen molar-refractivity contribution in [1.29, 1.82) is 0 Å². The zero-order valence-electron chi connectivity index (χ0n) is 10.9. The number of hydrogen-bond donors (Lipinski definition) is 2. The first-order valence-electron chi connectivity index (χ1n) is 6.37. The summed E-state index contributed by atoms with van der Waals surface area (Å²) in [7, 11) is 0. The number of rotatable bonds is 7. The highest BCUT2D eigenvalue weighted by Crippen LogP contribution is 2.20. The van der Waals surface area contributed by atoms with Gasteiger partial charge in [-0.1, -0.05) is 31.0 Å². The lowest BCUT2D eigenvalue weighted by Crippen LogP contribution is -2.26. The summed E-state index contributed by atoms with van der Waals surface area (Å²) in [6.07, 6.45) is 1.82. The highest BCUT2D eigenvalue weighted by Gasteiger charge is 2.11. The highest BCUT2D eigenvalue weighted by molar-refractivity contribution is 6.30. The predicted octanol–water partition coefficient (Wildman–Crippen LogP) is 3.54. The summed E-state index contributed by atoms with van der Waals surface area (Å²) < 4.78 is 13.3. The van der Waals surface area contributed by atoms with Crippen LogP contribution in [0.2, 0.25) is 5.02 Å². The van der Waals surface area contributed by atoms with Gasteiger partial charge in [-0.05, 0) is 43.5 Å². The standard InChI is InChI=1S/C14H21ClFNO/c1-3-11(6-7-18)9-17-10(2)12-4-5-13(15)14(16)8-12/h4-5,8,10-11,17-18H,3,6-7,9H2,1-2H3. The van der Waals surface area contributed by atoms with Gasteiger partial charge in [0.25, 0.3) is 0 Å². The van der Waals surface area contributed by atoms with Crippen LogP contribution in [0, 0.1) is 11.7 Å². The van der Waals surface area contributed by atoms with Crippen LogP contribution in [-0.2, 0) is 0 Å². The molecule has 2 nitrogen and oxygen atoms in total. The number of benzene rings is 1. The van der Waals surface area contributed by atoms with Gasteiger partial charge in [0.15, 0.2) is 0 Å². The highest BCUT2D eigenvalue weighted by atomic mass is 35.5. The van der Waals surface area contributed by atoms with Gasteiger partial charge in [0, 0.05) is 12.6 Å². The van der Waals surface area contributed by atoms with E-state index in [0.717, 1.165) is 24.9 Å². The fourth-order valence-corrected chi connectivity index (χ4v) is 1.99. The van der Waals surface area contributed by atoms with E-state index in [4.69, 9.17) is 16.7 Å². The molecule has 2 unspecified atom stereocenters. The van der Waals surface area contributed by atoms with Crippen LogP contribution in [0.1, 0.15) is 38.3 Å². The summed E-state index contributed by atoms with van der Waals surface area (Å²) in [5.74, 6) is 0.0693. The van der Waals surface area contributed by atoms with Crippen molar-refractivity contribution < 1.29 is 9.50 Å². The molecule has 0 heterocycles. The summed E-state index contributed by atoms with van der Waals surface area (Å²) in [5.41, 5.74) is 0.885. The van der Waals surface area contributed by atoms with E-state index in [0.29, 0.717) is 5.92 Å². The summed E-state index contributed by atoms with van der Waals surface area (Å²) in [4.78, 5) is 0. The summed E-state index contributed by atoms with van der Waals surface area (Å²) in [6, 6.07) is 4.95.